The Hall–Kier alpha value is -2.41. The molecular formula is C17H21FN4O2. The lowest BCUT2D eigenvalue weighted by Gasteiger charge is -2.24. The van der Waals surface area contributed by atoms with Crippen molar-refractivity contribution in [1.82, 2.24) is 15.1 Å². The molecule has 128 valence electrons. The lowest BCUT2D eigenvalue weighted by Crippen LogP contribution is -2.36. The van der Waals surface area contributed by atoms with Crippen molar-refractivity contribution < 1.29 is 13.9 Å². The summed E-state index contributed by atoms with van der Waals surface area (Å²) in [7, 11) is 4.94. The molecule has 0 bridgehead atoms. The van der Waals surface area contributed by atoms with Gasteiger partial charge in [-0.15, -0.1) is 0 Å². The number of aromatic nitrogens is 2. The molecule has 24 heavy (non-hydrogen) atoms. The first-order valence-corrected chi connectivity index (χ1v) is 7.81. The van der Waals surface area contributed by atoms with Crippen LogP contribution in [0.2, 0.25) is 0 Å². The first kappa shape index (κ1) is 16.4. The Labute approximate surface area is 140 Å². The zero-order valence-corrected chi connectivity index (χ0v) is 14.0. The van der Waals surface area contributed by atoms with Crippen molar-refractivity contribution in [2.45, 2.75) is 5.92 Å². The van der Waals surface area contributed by atoms with Crippen molar-refractivity contribution in [3.63, 3.8) is 0 Å². The fourth-order valence-electron chi connectivity index (χ4n) is 3.16. The molecule has 0 saturated carbocycles. The van der Waals surface area contributed by atoms with Gasteiger partial charge in [-0.25, -0.2) is 4.39 Å². The molecule has 6 nitrogen and oxygen atoms in total. The molecule has 1 saturated heterocycles. The number of ether oxygens (including phenoxy) is 1. The third kappa shape index (κ3) is 2.99. The number of hydrogen-bond acceptors (Lipinski definition) is 4. The number of amides is 1. The minimum atomic E-state index is -0.483. The van der Waals surface area contributed by atoms with Crippen molar-refractivity contribution in [2.24, 2.45) is 13.0 Å². The number of halogens is 1. The van der Waals surface area contributed by atoms with Gasteiger partial charge in [0.25, 0.3) is 0 Å². The van der Waals surface area contributed by atoms with Crippen molar-refractivity contribution in [3.05, 3.63) is 42.0 Å². The molecule has 1 N–H and O–H groups in total. The number of aryl methyl sites for hydroxylation is 1. The van der Waals surface area contributed by atoms with E-state index in [9.17, 15) is 9.18 Å². The standard InChI is InChI=1S/C17H21FN4O2/c1-21-10-11(7-20-21)13-8-19-9-14(13)17(23)22(2)12-4-5-16(24-3)15(18)6-12/h4-7,10,13-14,19H,8-9H2,1-3H3/t13-,14+/m1/s1. The second-order valence-electron chi connectivity index (χ2n) is 6.03. The second-order valence-corrected chi connectivity index (χ2v) is 6.03. The SMILES string of the molecule is COc1ccc(N(C)C(=O)[C@H]2CNC[C@@H]2c2cnn(C)c2)cc1F. The maximum Gasteiger partial charge on any atom is 0.231 e. The highest BCUT2D eigenvalue weighted by atomic mass is 19.1. The van der Waals surface area contributed by atoms with E-state index in [2.05, 4.69) is 10.4 Å². The monoisotopic (exact) mass is 332 g/mol. The fourth-order valence-corrected chi connectivity index (χ4v) is 3.16. The molecule has 2 atom stereocenters. The molecule has 7 heteroatoms. The first-order chi connectivity index (χ1) is 11.5. The fraction of sp³-hybridized carbons (Fsp3) is 0.412. The van der Waals surface area contributed by atoms with E-state index in [1.54, 1.807) is 24.0 Å². The molecule has 1 fully saturated rings. The van der Waals surface area contributed by atoms with Crippen molar-refractivity contribution >= 4 is 11.6 Å². The number of rotatable bonds is 4. The van der Waals surface area contributed by atoms with Gasteiger partial charge in [-0.1, -0.05) is 0 Å². The Balaban J connectivity index is 1.80. The van der Waals surface area contributed by atoms with Gasteiger partial charge in [-0.05, 0) is 17.7 Å². The summed E-state index contributed by atoms with van der Waals surface area (Å²) in [6.07, 6.45) is 3.73. The first-order valence-electron chi connectivity index (χ1n) is 7.81. The van der Waals surface area contributed by atoms with Crippen LogP contribution in [-0.4, -0.2) is 42.9 Å². The Morgan fingerprint density at radius 3 is 2.88 bits per heavy atom. The molecule has 3 rings (SSSR count). The van der Waals surface area contributed by atoms with Crippen LogP contribution >= 0.6 is 0 Å². The van der Waals surface area contributed by atoms with Crippen LogP contribution < -0.4 is 15.0 Å². The molecule has 1 aliphatic heterocycles. The molecule has 1 aromatic carbocycles. The van der Waals surface area contributed by atoms with Gasteiger partial charge < -0.3 is 15.0 Å². The second kappa shape index (κ2) is 6.60. The molecule has 0 aliphatic carbocycles. The number of methoxy groups -OCH3 is 1. The van der Waals surface area contributed by atoms with Gasteiger partial charge in [-0.3, -0.25) is 9.48 Å². The van der Waals surface area contributed by atoms with Crippen LogP contribution in [0.5, 0.6) is 5.75 Å². The molecule has 1 amide bonds. The van der Waals surface area contributed by atoms with Crippen LogP contribution in [-0.2, 0) is 11.8 Å². The molecule has 1 aromatic heterocycles. The van der Waals surface area contributed by atoms with Gasteiger partial charge in [0.05, 0.1) is 19.2 Å². The van der Waals surface area contributed by atoms with E-state index in [1.165, 1.54) is 24.1 Å². The van der Waals surface area contributed by atoms with Crippen LogP contribution in [0.3, 0.4) is 0 Å². The van der Waals surface area contributed by atoms with E-state index in [-0.39, 0.29) is 23.5 Å². The minimum absolute atomic E-state index is 0.0431. The molecule has 0 radical (unpaired) electrons. The molecule has 0 spiro atoms. The minimum Gasteiger partial charge on any atom is -0.494 e. The summed E-state index contributed by atoms with van der Waals surface area (Å²) in [6.45, 7) is 1.33. The van der Waals surface area contributed by atoms with Gasteiger partial charge in [0.15, 0.2) is 11.6 Å². The zero-order chi connectivity index (χ0) is 17.3. The highest BCUT2D eigenvalue weighted by molar-refractivity contribution is 5.95. The molecular weight excluding hydrogens is 311 g/mol. The van der Waals surface area contributed by atoms with E-state index < -0.39 is 5.82 Å². The smallest absolute Gasteiger partial charge is 0.231 e. The highest BCUT2D eigenvalue weighted by Gasteiger charge is 2.36. The number of carbonyl (C=O) groups is 1. The normalized spacial score (nSPS) is 20.2. The van der Waals surface area contributed by atoms with Gasteiger partial charge in [-0.2, -0.15) is 5.10 Å². The summed E-state index contributed by atoms with van der Waals surface area (Å²) in [5.74, 6) is -0.502. The van der Waals surface area contributed by atoms with Crippen molar-refractivity contribution in [2.75, 3.05) is 32.1 Å². The topological polar surface area (TPSA) is 59.4 Å². The molecule has 2 aromatic rings. The molecule has 0 unspecified atom stereocenters. The van der Waals surface area contributed by atoms with Gasteiger partial charge >= 0.3 is 0 Å². The molecule has 2 heterocycles. The lowest BCUT2D eigenvalue weighted by molar-refractivity contribution is -0.121. The summed E-state index contributed by atoms with van der Waals surface area (Å²) < 4.78 is 20.6. The molecule has 1 aliphatic rings. The van der Waals surface area contributed by atoms with E-state index in [0.29, 0.717) is 12.2 Å². The highest BCUT2D eigenvalue weighted by Crippen LogP contribution is 2.31. The van der Waals surface area contributed by atoms with Gasteiger partial charge in [0, 0.05) is 51.1 Å². The van der Waals surface area contributed by atoms with E-state index in [0.717, 1.165) is 12.1 Å². The Morgan fingerprint density at radius 1 is 1.46 bits per heavy atom. The van der Waals surface area contributed by atoms with Crippen LogP contribution in [0, 0.1) is 11.7 Å². The lowest BCUT2D eigenvalue weighted by atomic mass is 9.90. The maximum absolute atomic E-state index is 13.9. The average Bonchev–Trinajstić information content (AvgIpc) is 3.21. The quantitative estimate of drug-likeness (QED) is 0.923. The third-order valence-corrected chi connectivity index (χ3v) is 4.54. The number of nitrogens with one attached hydrogen (secondary N) is 1. The number of carbonyl (C=O) groups excluding carboxylic acids is 1. The third-order valence-electron chi connectivity index (χ3n) is 4.54. The van der Waals surface area contributed by atoms with E-state index in [4.69, 9.17) is 4.74 Å². The predicted octanol–water partition coefficient (Wildman–Crippen LogP) is 1.53. The van der Waals surface area contributed by atoms with Crippen molar-refractivity contribution in [1.29, 1.82) is 0 Å². The Kier molecular flexibility index (Phi) is 4.53. The summed E-state index contributed by atoms with van der Waals surface area (Å²) in [5, 5.41) is 7.46. The van der Waals surface area contributed by atoms with Crippen LogP contribution in [0.25, 0.3) is 0 Å². The van der Waals surface area contributed by atoms with Gasteiger partial charge in [0.1, 0.15) is 0 Å². The van der Waals surface area contributed by atoms with Crippen LogP contribution in [0.1, 0.15) is 11.5 Å². The Bertz CT molecular complexity index is 746. The summed E-state index contributed by atoms with van der Waals surface area (Å²) in [4.78, 5) is 14.4. The average molecular weight is 332 g/mol. The van der Waals surface area contributed by atoms with E-state index >= 15 is 0 Å². The predicted molar refractivity (Wildman–Crippen MR) is 88.7 cm³/mol. The van der Waals surface area contributed by atoms with E-state index in [1.807, 2.05) is 13.2 Å². The maximum atomic E-state index is 13.9. The number of anilines is 1. The van der Waals surface area contributed by atoms with Crippen LogP contribution in [0.15, 0.2) is 30.6 Å². The summed E-state index contributed by atoms with van der Waals surface area (Å²) in [5.41, 5.74) is 1.55. The largest absolute Gasteiger partial charge is 0.494 e. The number of nitrogens with zero attached hydrogens (tertiary/aromatic N) is 3. The van der Waals surface area contributed by atoms with Crippen LogP contribution in [0.4, 0.5) is 10.1 Å². The number of hydrogen-bond donors (Lipinski definition) is 1. The zero-order valence-electron chi connectivity index (χ0n) is 14.0. The Morgan fingerprint density at radius 2 is 2.25 bits per heavy atom. The van der Waals surface area contributed by atoms with Crippen molar-refractivity contribution in [3.8, 4) is 5.75 Å². The van der Waals surface area contributed by atoms with Gasteiger partial charge in [0.2, 0.25) is 5.91 Å². The summed E-state index contributed by atoms with van der Waals surface area (Å²) in [6, 6.07) is 4.53. The summed E-state index contributed by atoms with van der Waals surface area (Å²) >= 11 is 0. The number of benzene rings is 1.